The number of amides is 2. The molecule has 0 radical (unpaired) electrons. The van der Waals surface area contributed by atoms with Gasteiger partial charge in [-0.2, -0.15) is 0 Å². The maximum absolute atomic E-state index is 12.5. The Labute approximate surface area is 130 Å². The fourth-order valence-corrected chi connectivity index (χ4v) is 3.76. The van der Waals surface area contributed by atoms with Crippen LogP contribution in [0.4, 0.5) is 0 Å². The number of nitrogens with zero attached hydrogens (tertiary/aromatic N) is 1. The first-order valence-corrected chi connectivity index (χ1v) is 8.36. The van der Waals surface area contributed by atoms with Crippen LogP contribution in [0.5, 0.6) is 0 Å². The molecule has 2 aliphatic carbocycles. The maximum atomic E-state index is 12.5. The molecule has 0 unspecified atom stereocenters. The van der Waals surface area contributed by atoms with Gasteiger partial charge in [-0.25, -0.2) is 0 Å². The summed E-state index contributed by atoms with van der Waals surface area (Å²) in [7, 11) is 0. The van der Waals surface area contributed by atoms with E-state index in [2.05, 4.69) is 0 Å². The van der Waals surface area contributed by atoms with Gasteiger partial charge in [0.1, 0.15) is 0 Å². The lowest BCUT2D eigenvalue weighted by Crippen LogP contribution is -2.43. The van der Waals surface area contributed by atoms with Crippen molar-refractivity contribution in [2.24, 2.45) is 0 Å². The SMILES string of the molecule is O=C1c2ccccc2C(=O)N1[C@H]1CC[C@H](OC2CCC2)CC1. The van der Waals surface area contributed by atoms with E-state index in [0.717, 1.165) is 25.7 Å². The minimum absolute atomic E-state index is 0.0358. The molecule has 3 aliphatic rings. The molecule has 2 amide bonds. The fourth-order valence-electron chi connectivity index (χ4n) is 3.76. The van der Waals surface area contributed by atoms with Gasteiger partial charge in [0.2, 0.25) is 0 Å². The topological polar surface area (TPSA) is 46.6 Å². The minimum atomic E-state index is -0.121. The molecule has 2 saturated carbocycles. The number of carbonyl (C=O) groups excluding carboxylic acids is 2. The largest absolute Gasteiger partial charge is 0.375 e. The van der Waals surface area contributed by atoms with E-state index in [9.17, 15) is 9.59 Å². The summed E-state index contributed by atoms with van der Waals surface area (Å²) in [5.74, 6) is -0.243. The van der Waals surface area contributed by atoms with Crippen LogP contribution in [0.25, 0.3) is 0 Å². The van der Waals surface area contributed by atoms with Crippen molar-refractivity contribution in [2.75, 3.05) is 0 Å². The lowest BCUT2D eigenvalue weighted by Gasteiger charge is -2.36. The minimum Gasteiger partial charge on any atom is -0.375 e. The third-order valence-electron chi connectivity index (χ3n) is 5.27. The van der Waals surface area contributed by atoms with E-state index < -0.39 is 0 Å². The van der Waals surface area contributed by atoms with Crippen molar-refractivity contribution in [1.82, 2.24) is 4.90 Å². The highest BCUT2D eigenvalue weighted by Crippen LogP contribution is 2.33. The molecular weight excluding hydrogens is 278 g/mol. The first kappa shape index (κ1) is 13.9. The quantitative estimate of drug-likeness (QED) is 0.805. The molecule has 1 aromatic carbocycles. The normalized spacial score (nSPS) is 28.6. The number of fused-ring (bicyclic) bond motifs is 1. The van der Waals surface area contributed by atoms with Gasteiger partial charge >= 0.3 is 0 Å². The number of carbonyl (C=O) groups is 2. The zero-order chi connectivity index (χ0) is 15.1. The number of imide groups is 1. The van der Waals surface area contributed by atoms with E-state index >= 15 is 0 Å². The molecule has 0 N–H and O–H groups in total. The zero-order valence-corrected chi connectivity index (χ0v) is 12.7. The van der Waals surface area contributed by atoms with E-state index in [-0.39, 0.29) is 17.9 Å². The Bertz CT molecular complexity index is 565. The van der Waals surface area contributed by atoms with Crippen molar-refractivity contribution in [3.05, 3.63) is 35.4 Å². The highest BCUT2D eigenvalue weighted by molar-refractivity contribution is 6.21. The third kappa shape index (κ3) is 2.26. The number of rotatable bonds is 3. The molecule has 1 aliphatic heterocycles. The first-order valence-electron chi connectivity index (χ1n) is 8.36. The van der Waals surface area contributed by atoms with Crippen molar-refractivity contribution >= 4 is 11.8 Å². The Hall–Kier alpha value is -1.68. The van der Waals surface area contributed by atoms with E-state index in [4.69, 9.17) is 4.74 Å². The van der Waals surface area contributed by atoms with E-state index in [1.807, 2.05) is 12.1 Å². The van der Waals surface area contributed by atoms with E-state index in [1.165, 1.54) is 24.2 Å². The number of hydrogen-bond donors (Lipinski definition) is 0. The van der Waals surface area contributed by atoms with Crippen LogP contribution in [0.3, 0.4) is 0 Å². The second kappa shape index (κ2) is 5.51. The van der Waals surface area contributed by atoms with Crippen LogP contribution in [0.15, 0.2) is 24.3 Å². The average Bonchev–Trinajstić information content (AvgIpc) is 2.76. The molecule has 0 saturated heterocycles. The molecule has 4 rings (SSSR count). The second-order valence-corrected chi connectivity index (χ2v) is 6.65. The van der Waals surface area contributed by atoms with E-state index in [0.29, 0.717) is 23.3 Å². The standard InChI is InChI=1S/C18H21NO3/c20-17-15-6-1-2-7-16(15)18(21)19(17)12-8-10-14(11-9-12)22-13-4-3-5-13/h1-2,6-7,12-14H,3-5,8-11H2/t12-,14-. The summed E-state index contributed by atoms with van der Waals surface area (Å²) < 4.78 is 6.07. The second-order valence-electron chi connectivity index (χ2n) is 6.65. The molecular formula is C18H21NO3. The number of hydrogen-bond acceptors (Lipinski definition) is 3. The van der Waals surface area contributed by atoms with Crippen molar-refractivity contribution in [1.29, 1.82) is 0 Å². The molecule has 1 heterocycles. The van der Waals surface area contributed by atoms with Crippen molar-refractivity contribution in [2.45, 2.75) is 63.2 Å². The number of benzene rings is 1. The predicted octanol–water partition coefficient (Wildman–Crippen LogP) is 3.16. The lowest BCUT2D eigenvalue weighted by molar-refractivity contribution is -0.0701. The monoisotopic (exact) mass is 299 g/mol. The highest BCUT2D eigenvalue weighted by Gasteiger charge is 2.41. The van der Waals surface area contributed by atoms with Crippen LogP contribution in [-0.2, 0) is 4.74 Å². The van der Waals surface area contributed by atoms with Crippen LogP contribution in [0.1, 0.15) is 65.7 Å². The van der Waals surface area contributed by atoms with Gasteiger partial charge in [-0.15, -0.1) is 0 Å². The van der Waals surface area contributed by atoms with Crippen molar-refractivity contribution in [3.8, 4) is 0 Å². The Morgan fingerprint density at radius 3 is 1.86 bits per heavy atom. The lowest BCUT2D eigenvalue weighted by atomic mass is 9.90. The van der Waals surface area contributed by atoms with Crippen LogP contribution in [0, 0.1) is 0 Å². The maximum Gasteiger partial charge on any atom is 0.261 e. The first-order chi connectivity index (χ1) is 10.7. The summed E-state index contributed by atoms with van der Waals surface area (Å²) >= 11 is 0. The highest BCUT2D eigenvalue weighted by atomic mass is 16.5. The molecule has 0 aromatic heterocycles. The molecule has 22 heavy (non-hydrogen) atoms. The summed E-state index contributed by atoms with van der Waals surface area (Å²) in [6.07, 6.45) is 8.08. The average molecular weight is 299 g/mol. The van der Waals surface area contributed by atoms with Gasteiger partial charge in [0.25, 0.3) is 11.8 Å². The summed E-state index contributed by atoms with van der Waals surface area (Å²) in [6, 6.07) is 7.17. The Morgan fingerprint density at radius 1 is 0.818 bits per heavy atom. The Morgan fingerprint density at radius 2 is 1.36 bits per heavy atom. The van der Waals surface area contributed by atoms with Crippen LogP contribution in [-0.4, -0.2) is 35.0 Å². The van der Waals surface area contributed by atoms with Gasteiger partial charge in [0, 0.05) is 6.04 Å². The van der Waals surface area contributed by atoms with Gasteiger partial charge in [0.05, 0.1) is 23.3 Å². The molecule has 4 heteroatoms. The van der Waals surface area contributed by atoms with Gasteiger partial charge in [-0.1, -0.05) is 12.1 Å². The smallest absolute Gasteiger partial charge is 0.261 e. The summed E-state index contributed by atoms with van der Waals surface area (Å²) in [6.45, 7) is 0. The van der Waals surface area contributed by atoms with Gasteiger partial charge < -0.3 is 4.74 Å². The predicted molar refractivity (Wildman–Crippen MR) is 81.7 cm³/mol. The van der Waals surface area contributed by atoms with Gasteiger partial charge in [-0.3, -0.25) is 14.5 Å². The molecule has 4 nitrogen and oxygen atoms in total. The number of ether oxygens (including phenoxy) is 1. The van der Waals surface area contributed by atoms with Crippen molar-refractivity contribution < 1.29 is 14.3 Å². The fraction of sp³-hybridized carbons (Fsp3) is 0.556. The van der Waals surface area contributed by atoms with Gasteiger partial charge in [0.15, 0.2) is 0 Å². The summed E-state index contributed by atoms with van der Waals surface area (Å²) in [5, 5.41) is 0. The zero-order valence-electron chi connectivity index (χ0n) is 12.7. The molecule has 0 bridgehead atoms. The Kier molecular flexibility index (Phi) is 3.49. The third-order valence-corrected chi connectivity index (χ3v) is 5.27. The van der Waals surface area contributed by atoms with Crippen molar-refractivity contribution in [3.63, 3.8) is 0 Å². The molecule has 0 spiro atoms. The van der Waals surface area contributed by atoms with Crippen LogP contribution >= 0.6 is 0 Å². The molecule has 0 atom stereocenters. The van der Waals surface area contributed by atoms with Gasteiger partial charge in [-0.05, 0) is 57.1 Å². The Balaban J connectivity index is 1.42. The molecule has 116 valence electrons. The van der Waals surface area contributed by atoms with E-state index in [1.54, 1.807) is 12.1 Å². The van der Waals surface area contributed by atoms with Crippen LogP contribution in [0.2, 0.25) is 0 Å². The summed E-state index contributed by atoms with van der Waals surface area (Å²) in [4.78, 5) is 26.5. The molecule has 1 aromatic rings. The summed E-state index contributed by atoms with van der Waals surface area (Å²) in [5.41, 5.74) is 1.11. The molecule has 2 fully saturated rings. The van der Waals surface area contributed by atoms with Crippen LogP contribution < -0.4 is 0 Å².